The second-order valence-corrected chi connectivity index (χ2v) is 26.5. The molecule has 444 valence electrons. The Morgan fingerprint density at radius 2 is 1.18 bits per heavy atom. The first kappa shape index (κ1) is 63.1. The van der Waals surface area contributed by atoms with E-state index in [1.807, 2.05) is 0 Å². The fourth-order valence-corrected chi connectivity index (χ4v) is 16.2. The van der Waals surface area contributed by atoms with Gasteiger partial charge in [-0.1, -0.05) is 39.9 Å². The van der Waals surface area contributed by atoms with Gasteiger partial charge in [-0.05, 0) is 135 Å². The average Bonchev–Trinajstić information content (AvgIpc) is 4.33. The number of nitrogens with two attached hydrogens (primary N) is 3. The van der Waals surface area contributed by atoms with Crippen LogP contribution in [0.25, 0.3) is 0 Å². The van der Waals surface area contributed by atoms with Crippen molar-refractivity contribution in [2.45, 2.75) is 184 Å². The Kier molecular flexibility index (Phi) is 18.6. The number of amides is 3. The van der Waals surface area contributed by atoms with Gasteiger partial charge in [0.1, 0.15) is 22.7 Å². The van der Waals surface area contributed by atoms with Gasteiger partial charge in [0.25, 0.3) is 6.92 Å². The molecule has 0 aromatic carbocycles. The van der Waals surface area contributed by atoms with Crippen molar-refractivity contribution >= 4 is 56.8 Å². The number of carbonyl (C=O) groups excluding carboxylic acids is 3. The number of hydrogen-bond donors (Lipinski definition) is 12. The van der Waals surface area contributed by atoms with Crippen LogP contribution in [0.4, 0.5) is 0 Å². The van der Waals surface area contributed by atoms with Crippen molar-refractivity contribution in [2.24, 2.45) is 50.7 Å². The number of rotatable bonds is 20. The molecule has 7 heterocycles. The maximum Gasteiger partial charge on any atom is 0.457 e. The third kappa shape index (κ3) is 11.3. The number of nitrogens with zero attached hydrogens (tertiary/aromatic N) is 3. The SMILES string of the molecule is CB(O)CCC[C@]12CCN[C@@]1(C(=O)O)CN(C(=O)C(C)(C)N)C2.COC[C@H](N)C(=O)N1C[C@@]2(CCCB(O)O)CCN[C@@]2(C(=O)O)C1.C[C@H](N)C(=O)N1C[C@@]2(CCCB3O[C@@H]4C[C@@H]5C[C@@H](C5(C)C)[C@]4(C)O3)CCN[C@@]2(C(=O)O)C1. The number of aliphatic carboxylic acids is 3. The van der Waals surface area contributed by atoms with Gasteiger partial charge in [0, 0.05) is 43.0 Å². The second kappa shape index (κ2) is 23.3. The molecular formula is C52H92B3N9O15. The summed E-state index contributed by atoms with van der Waals surface area (Å²) >= 11 is 0. The Bertz CT molecular complexity index is 2290. The Morgan fingerprint density at radius 3 is 1.61 bits per heavy atom. The Morgan fingerprint density at radius 1 is 0.722 bits per heavy atom. The van der Waals surface area contributed by atoms with Crippen molar-refractivity contribution < 1.29 is 73.2 Å². The van der Waals surface area contributed by atoms with Crippen LogP contribution in [0.5, 0.6) is 0 Å². The number of likely N-dealkylation sites (tertiary alicyclic amines) is 3. The molecule has 2 bridgehead atoms. The normalized spacial score (nSPS) is 36.2. The van der Waals surface area contributed by atoms with Crippen LogP contribution in [-0.4, -0.2) is 220 Å². The molecule has 0 unspecified atom stereocenters. The van der Waals surface area contributed by atoms with E-state index in [0.29, 0.717) is 89.0 Å². The van der Waals surface area contributed by atoms with Crippen LogP contribution in [0.2, 0.25) is 25.8 Å². The molecule has 12 atom stereocenters. The molecular weight excluding hydrogens is 1020 g/mol. The van der Waals surface area contributed by atoms with Crippen molar-refractivity contribution in [1.29, 1.82) is 0 Å². The molecule has 0 spiro atoms. The number of carbonyl (C=O) groups is 6. The number of carboxylic acid groups (broad SMARTS) is 3. The zero-order valence-electron chi connectivity index (χ0n) is 48.0. The molecule has 7 saturated heterocycles. The number of methoxy groups -OCH3 is 1. The van der Waals surface area contributed by atoms with Crippen LogP contribution in [0.15, 0.2) is 0 Å². The van der Waals surface area contributed by atoms with E-state index in [1.54, 1.807) is 37.4 Å². The summed E-state index contributed by atoms with van der Waals surface area (Å²) in [5.41, 5.74) is 11.6. The predicted octanol–water partition coefficient (Wildman–Crippen LogP) is -0.891. The Labute approximate surface area is 466 Å². The first-order chi connectivity index (χ1) is 36.8. The van der Waals surface area contributed by atoms with Gasteiger partial charge in [-0.3, -0.25) is 44.7 Å². The van der Waals surface area contributed by atoms with Crippen LogP contribution in [-0.2, 0) is 42.8 Å². The van der Waals surface area contributed by atoms with Gasteiger partial charge >= 0.3 is 32.1 Å². The minimum absolute atomic E-state index is 0.0558. The quantitative estimate of drug-likeness (QED) is 0.0658. The van der Waals surface area contributed by atoms with E-state index in [2.05, 4.69) is 36.7 Å². The van der Waals surface area contributed by atoms with Crippen molar-refractivity contribution in [3.63, 3.8) is 0 Å². The number of nitrogens with one attached hydrogen (secondary N) is 3. The third-order valence-electron chi connectivity index (χ3n) is 20.7. The molecule has 0 aromatic rings. The van der Waals surface area contributed by atoms with E-state index in [-0.39, 0.29) is 69.1 Å². The van der Waals surface area contributed by atoms with Gasteiger partial charge in [-0.25, -0.2) is 0 Å². The lowest BCUT2D eigenvalue weighted by Gasteiger charge is -2.64. The highest BCUT2D eigenvalue weighted by Crippen LogP contribution is 2.66. The van der Waals surface area contributed by atoms with Crippen molar-refractivity contribution in [3.8, 4) is 0 Å². The van der Waals surface area contributed by atoms with Crippen LogP contribution >= 0.6 is 0 Å². The molecule has 0 aromatic heterocycles. The van der Waals surface area contributed by atoms with Gasteiger partial charge in [-0.15, -0.1) is 0 Å². The fourth-order valence-electron chi connectivity index (χ4n) is 16.2. The maximum atomic E-state index is 12.6. The van der Waals surface area contributed by atoms with Crippen LogP contribution in [0, 0.1) is 33.5 Å². The van der Waals surface area contributed by atoms with Gasteiger partial charge in [0.15, 0.2) is 0 Å². The summed E-state index contributed by atoms with van der Waals surface area (Å²) in [7, 11) is -0.189. The summed E-state index contributed by atoms with van der Waals surface area (Å²) in [6.45, 7) is 16.7. The maximum absolute atomic E-state index is 12.6. The van der Waals surface area contributed by atoms with E-state index in [4.69, 9.17) is 41.3 Å². The first-order valence-corrected chi connectivity index (χ1v) is 28.8. The molecule has 3 amide bonds. The summed E-state index contributed by atoms with van der Waals surface area (Å²) in [5.74, 6) is -2.23. The lowest BCUT2D eigenvalue weighted by atomic mass is 9.43. The summed E-state index contributed by atoms with van der Waals surface area (Å²) < 4.78 is 17.8. The molecule has 10 fully saturated rings. The molecule has 15 N–H and O–H groups in total. The van der Waals surface area contributed by atoms with Crippen LogP contribution in [0.3, 0.4) is 0 Å². The molecule has 3 saturated carbocycles. The molecule has 79 heavy (non-hydrogen) atoms. The van der Waals surface area contributed by atoms with E-state index in [1.165, 1.54) is 18.4 Å². The molecule has 7 aliphatic heterocycles. The number of fused-ring (bicyclic) bond motifs is 3. The second-order valence-electron chi connectivity index (χ2n) is 26.5. The van der Waals surface area contributed by atoms with Crippen molar-refractivity contribution in [2.75, 3.05) is 72.6 Å². The minimum atomic E-state index is -1.41. The first-order valence-electron chi connectivity index (χ1n) is 28.8. The zero-order chi connectivity index (χ0) is 58.5. The largest absolute Gasteiger partial charge is 0.480 e. The summed E-state index contributed by atoms with van der Waals surface area (Å²) in [4.78, 5) is 78.8. The smallest absolute Gasteiger partial charge is 0.457 e. The third-order valence-corrected chi connectivity index (χ3v) is 20.7. The fraction of sp³-hybridized carbons (Fsp3) is 0.885. The molecule has 3 aliphatic carbocycles. The van der Waals surface area contributed by atoms with Crippen molar-refractivity contribution in [1.82, 2.24) is 30.7 Å². The van der Waals surface area contributed by atoms with Crippen LogP contribution in [0.1, 0.15) is 112 Å². The molecule has 27 heteroatoms. The van der Waals surface area contributed by atoms with Gasteiger partial charge in [-0.2, -0.15) is 0 Å². The Balaban J connectivity index is 0.000000175. The molecule has 0 radical (unpaired) electrons. The van der Waals surface area contributed by atoms with E-state index < -0.39 is 82.4 Å². The zero-order valence-corrected chi connectivity index (χ0v) is 48.0. The monoisotopic (exact) mass is 1120 g/mol. The van der Waals surface area contributed by atoms with Gasteiger partial charge in [0.2, 0.25) is 17.7 Å². The van der Waals surface area contributed by atoms with Crippen LogP contribution < -0.4 is 33.2 Å². The molecule has 10 rings (SSSR count). The highest BCUT2D eigenvalue weighted by Gasteiger charge is 2.70. The number of ether oxygens (including phenoxy) is 1. The lowest BCUT2D eigenvalue weighted by molar-refractivity contribution is -0.199. The predicted molar refractivity (Wildman–Crippen MR) is 294 cm³/mol. The minimum Gasteiger partial charge on any atom is -0.480 e. The highest BCUT2D eigenvalue weighted by atomic mass is 16.7. The van der Waals surface area contributed by atoms with Gasteiger partial charge in [0.05, 0.1) is 49.5 Å². The summed E-state index contributed by atoms with van der Waals surface area (Å²) in [5, 5.41) is 66.9. The van der Waals surface area contributed by atoms with Crippen molar-refractivity contribution in [3.05, 3.63) is 0 Å². The lowest BCUT2D eigenvalue weighted by Crippen LogP contribution is -2.65. The van der Waals surface area contributed by atoms with E-state index in [0.717, 1.165) is 44.3 Å². The summed E-state index contributed by atoms with van der Waals surface area (Å²) in [6.07, 6.45) is 10.0. The van der Waals surface area contributed by atoms with E-state index in [9.17, 15) is 49.1 Å². The molecule has 10 aliphatic rings. The number of hydrogen-bond acceptors (Lipinski definition) is 18. The Hall–Kier alpha value is -3.47. The van der Waals surface area contributed by atoms with E-state index >= 15 is 0 Å². The number of carboxylic acids is 3. The highest BCUT2D eigenvalue weighted by molar-refractivity contribution is 6.48. The van der Waals surface area contributed by atoms with Gasteiger partial charge < -0.3 is 76.3 Å². The summed E-state index contributed by atoms with van der Waals surface area (Å²) in [6, 6.07) is -1.45. The standard InChI is InChI=1S/C23H38BN3O5.C15H28BN3O4.C14H26BN3O6/c1-14(25)18(28)27-12-22(7-9-26-23(22,13-27)19(29)30)6-5-8-24-31-17-11-15-10-16(20(15,2)3)21(17,4)32-24;1-13(2,17)11(20)19-9-14(5-4-7-16(3)23)6-8-18-15(14,10-19)12(21)22;1-24-7-10(16)11(19)18-8-13(3-2-5-15(22)23)4-6-17-14(13,9-18)12(20)21/h14-17,26H,5-13,25H2,1-4H3,(H,29,30);18,23H,4-10,17H2,1-3H3,(H,21,22);10,17,22-23H,2-9,16H2,1H3,(H,20,21)/t14-,15-,16-,17+,21-,22+,23+;14-,15-;10-,13+,14+/m010/s1. The molecule has 24 nitrogen and oxygen atoms in total. The topological polar surface area (TPSA) is 375 Å². The average molecular weight is 1120 g/mol.